The van der Waals surface area contributed by atoms with E-state index in [1.807, 2.05) is 12.1 Å². The summed E-state index contributed by atoms with van der Waals surface area (Å²) in [5.74, 6) is -1.22. The Hall–Kier alpha value is -3.92. The molecule has 0 aliphatic carbocycles. The van der Waals surface area contributed by atoms with Crippen LogP contribution in [0.1, 0.15) is 50.0 Å². The monoisotopic (exact) mass is 528 g/mol. The molecule has 0 fully saturated rings. The summed E-state index contributed by atoms with van der Waals surface area (Å²) in [5, 5.41) is 29.3. The zero-order valence-electron chi connectivity index (χ0n) is 20.4. The maximum atomic E-state index is 15.0. The van der Waals surface area contributed by atoms with E-state index in [1.165, 1.54) is 45.7 Å². The van der Waals surface area contributed by atoms with Gasteiger partial charge in [0.1, 0.15) is 11.6 Å². The number of thiophene rings is 1. The van der Waals surface area contributed by atoms with Crippen molar-refractivity contribution in [1.82, 2.24) is 15.3 Å². The average molecular weight is 529 g/mol. The summed E-state index contributed by atoms with van der Waals surface area (Å²) in [6, 6.07) is 15.0. The predicted molar refractivity (Wildman–Crippen MR) is 143 cm³/mol. The number of aromatic hydroxyl groups is 1. The van der Waals surface area contributed by atoms with Crippen LogP contribution in [0.3, 0.4) is 0 Å². The molecule has 0 saturated carbocycles. The molecule has 2 aromatic heterocycles. The quantitative estimate of drug-likeness (QED) is 0.346. The lowest BCUT2D eigenvalue weighted by molar-refractivity contribution is 0.0712. The number of phenolic OH excluding ortho intramolecular Hbond substituents is 1. The number of nitrogens with zero attached hydrogens (tertiary/aromatic N) is 3. The molecule has 3 N–H and O–H groups in total. The number of benzene rings is 2. The van der Waals surface area contributed by atoms with Crippen molar-refractivity contribution in [3.8, 4) is 16.2 Å². The third kappa shape index (κ3) is 4.38. The van der Waals surface area contributed by atoms with Crippen molar-refractivity contribution in [2.45, 2.75) is 32.0 Å². The number of pyridine rings is 1. The molecule has 0 radical (unpaired) electrons. The first-order chi connectivity index (χ1) is 18.5. The summed E-state index contributed by atoms with van der Waals surface area (Å²) in [4.78, 5) is 19.5. The van der Waals surface area contributed by atoms with Crippen LogP contribution in [0, 0.1) is 5.82 Å². The van der Waals surface area contributed by atoms with Crippen molar-refractivity contribution < 1.29 is 19.4 Å². The Morgan fingerprint density at radius 3 is 2.87 bits per heavy atom. The molecule has 2 aliphatic rings. The van der Waals surface area contributed by atoms with Gasteiger partial charge in [0.05, 0.1) is 28.8 Å². The topological polar surface area (TPSA) is 98.1 Å². The Morgan fingerprint density at radius 1 is 1.16 bits per heavy atom. The Labute approximate surface area is 222 Å². The van der Waals surface area contributed by atoms with Gasteiger partial charge in [-0.2, -0.15) is 5.10 Å². The van der Waals surface area contributed by atoms with Crippen LogP contribution in [-0.4, -0.2) is 38.4 Å². The Kier molecular flexibility index (Phi) is 6.49. The van der Waals surface area contributed by atoms with Gasteiger partial charge in [-0.3, -0.25) is 9.78 Å². The molecule has 192 valence electrons. The Bertz CT molecular complexity index is 1550. The summed E-state index contributed by atoms with van der Waals surface area (Å²) in [6.07, 6.45) is 4.25. The first-order valence-electron chi connectivity index (χ1n) is 12.4. The van der Waals surface area contributed by atoms with Crippen LogP contribution in [0.2, 0.25) is 0 Å². The lowest BCUT2D eigenvalue weighted by Crippen LogP contribution is -2.27. The molecule has 38 heavy (non-hydrogen) atoms. The summed E-state index contributed by atoms with van der Waals surface area (Å²) in [6.45, 7) is 1.55. The fourth-order valence-corrected chi connectivity index (χ4v) is 6.15. The van der Waals surface area contributed by atoms with Crippen molar-refractivity contribution in [2.75, 3.05) is 6.54 Å². The maximum absolute atomic E-state index is 15.0. The minimum absolute atomic E-state index is 0.0206. The smallest absolute Gasteiger partial charge is 0.284 e. The third-order valence-electron chi connectivity index (χ3n) is 7.01. The number of carbonyl (C=O) groups is 1. The molecule has 1 amide bonds. The lowest BCUT2D eigenvalue weighted by atomic mass is 9.95. The third-order valence-corrected chi connectivity index (χ3v) is 8.12. The van der Waals surface area contributed by atoms with Gasteiger partial charge in [-0.05, 0) is 65.6 Å². The second-order valence-electron chi connectivity index (χ2n) is 9.36. The SMILES string of the molecule is O=C(c1ccc(-c2cccc3c2CCNC3)s1)N1N=C(c2cncc(CO)c2)CC1c1c(O)cccc1F. The zero-order chi connectivity index (χ0) is 26.2. The first kappa shape index (κ1) is 24.4. The number of phenols is 1. The highest BCUT2D eigenvalue weighted by Gasteiger charge is 2.37. The lowest BCUT2D eigenvalue weighted by Gasteiger charge is -2.22. The number of carbonyl (C=O) groups excluding carboxylic acids is 1. The molecule has 0 spiro atoms. The Morgan fingerprint density at radius 2 is 2.03 bits per heavy atom. The molecule has 1 atom stereocenters. The molecule has 9 heteroatoms. The second-order valence-corrected chi connectivity index (χ2v) is 10.4. The van der Waals surface area contributed by atoms with Crippen LogP contribution >= 0.6 is 11.3 Å². The van der Waals surface area contributed by atoms with Gasteiger partial charge in [-0.1, -0.05) is 24.3 Å². The molecular formula is C29H25FN4O3S. The van der Waals surface area contributed by atoms with Gasteiger partial charge in [0.25, 0.3) is 5.91 Å². The minimum atomic E-state index is -0.836. The standard InChI is InChI=1S/C29H25FN4O3S/c30-22-5-2-6-25(36)28(22)24-12-23(19-11-17(16-35)13-32-15-19)33-34(24)29(37)27-8-7-26(38-27)21-4-1-3-18-14-31-10-9-20(18)21/h1-8,11,13,15,24,31,35-36H,9-10,12,14,16H2. The predicted octanol–water partition coefficient (Wildman–Crippen LogP) is 4.78. The molecule has 2 aliphatic heterocycles. The number of hydrazone groups is 1. The summed E-state index contributed by atoms with van der Waals surface area (Å²) < 4.78 is 15.0. The van der Waals surface area contributed by atoms with E-state index < -0.39 is 11.9 Å². The van der Waals surface area contributed by atoms with Crippen LogP contribution in [0.5, 0.6) is 5.75 Å². The summed E-state index contributed by atoms with van der Waals surface area (Å²) >= 11 is 1.38. The molecule has 1 unspecified atom stereocenters. The fraction of sp³-hybridized carbons (Fsp3) is 0.207. The van der Waals surface area contributed by atoms with E-state index in [4.69, 9.17) is 0 Å². The van der Waals surface area contributed by atoms with E-state index in [0.29, 0.717) is 21.7 Å². The number of aliphatic hydroxyl groups is 1. The number of aliphatic hydroxyl groups excluding tert-OH is 1. The molecule has 0 bridgehead atoms. The normalized spacial score (nSPS) is 16.8. The zero-order valence-corrected chi connectivity index (χ0v) is 21.2. The van der Waals surface area contributed by atoms with Gasteiger partial charge in [0.15, 0.2) is 0 Å². The van der Waals surface area contributed by atoms with Crippen molar-refractivity contribution in [3.63, 3.8) is 0 Å². The second kappa shape index (κ2) is 10.1. The van der Waals surface area contributed by atoms with E-state index in [-0.39, 0.29) is 30.2 Å². The number of halogens is 1. The minimum Gasteiger partial charge on any atom is -0.507 e. The number of aromatic nitrogens is 1. The van der Waals surface area contributed by atoms with E-state index in [9.17, 15) is 19.4 Å². The van der Waals surface area contributed by atoms with E-state index in [2.05, 4.69) is 27.5 Å². The van der Waals surface area contributed by atoms with Crippen LogP contribution in [0.4, 0.5) is 4.39 Å². The van der Waals surface area contributed by atoms with Crippen molar-refractivity contribution >= 4 is 23.0 Å². The molecule has 4 aromatic rings. The van der Waals surface area contributed by atoms with Crippen molar-refractivity contribution in [2.24, 2.45) is 5.10 Å². The van der Waals surface area contributed by atoms with Crippen LogP contribution in [0.15, 0.2) is 72.1 Å². The first-order valence-corrected chi connectivity index (χ1v) is 13.2. The van der Waals surface area contributed by atoms with Gasteiger partial charge in [0.2, 0.25) is 0 Å². The molecule has 2 aromatic carbocycles. The van der Waals surface area contributed by atoms with Crippen LogP contribution < -0.4 is 5.32 Å². The van der Waals surface area contributed by atoms with Crippen molar-refractivity contribution in [1.29, 1.82) is 0 Å². The summed E-state index contributed by atoms with van der Waals surface area (Å²) in [7, 11) is 0. The molecule has 4 heterocycles. The molecule has 0 saturated heterocycles. The average Bonchev–Trinajstić information content (AvgIpc) is 3.61. The molecule has 6 rings (SSSR count). The number of rotatable bonds is 5. The number of hydrogen-bond acceptors (Lipinski definition) is 7. The molecule has 7 nitrogen and oxygen atoms in total. The van der Waals surface area contributed by atoms with Gasteiger partial charge in [-0.25, -0.2) is 9.40 Å². The van der Waals surface area contributed by atoms with E-state index in [0.717, 1.165) is 30.0 Å². The van der Waals surface area contributed by atoms with Crippen LogP contribution in [-0.2, 0) is 19.6 Å². The highest BCUT2D eigenvalue weighted by atomic mass is 32.1. The Balaban J connectivity index is 1.39. The summed E-state index contributed by atoms with van der Waals surface area (Å²) in [5.41, 5.74) is 5.45. The maximum Gasteiger partial charge on any atom is 0.284 e. The van der Waals surface area contributed by atoms with Gasteiger partial charge >= 0.3 is 0 Å². The van der Waals surface area contributed by atoms with Gasteiger partial charge in [-0.15, -0.1) is 11.3 Å². The van der Waals surface area contributed by atoms with E-state index in [1.54, 1.807) is 24.5 Å². The number of fused-ring (bicyclic) bond motifs is 1. The highest BCUT2D eigenvalue weighted by molar-refractivity contribution is 7.17. The van der Waals surface area contributed by atoms with E-state index >= 15 is 0 Å². The van der Waals surface area contributed by atoms with Gasteiger partial charge in [0, 0.05) is 35.8 Å². The van der Waals surface area contributed by atoms with Crippen LogP contribution in [0.25, 0.3) is 10.4 Å². The fourth-order valence-electron chi connectivity index (χ4n) is 5.16. The number of amides is 1. The number of nitrogens with one attached hydrogen (secondary N) is 1. The largest absolute Gasteiger partial charge is 0.507 e. The highest BCUT2D eigenvalue weighted by Crippen LogP contribution is 2.41. The number of hydrogen-bond donors (Lipinski definition) is 3. The molecular weight excluding hydrogens is 503 g/mol. The van der Waals surface area contributed by atoms with Gasteiger partial charge < -0.3 is 15.5 Å². The van der Waals surface area contributed by atoms with Crippen molar-refractivity contribution in [3.05, 3.63) is 106 Å².